The van der Waals surface area contributed by atoms with E-state index in [1.54, 1.807) is 0 Å². The highest BCUT2D eigenvalue weighted by molar-refractivity contribution is 5.85. The van der Waals surface area contributed by atoms with E-state index in [0.717, 1.165) is 67.3 Å². The lowest BCUT2D eigenvalue weighted by molar-refractivity contribution is 1.36. The first kappa shape index (κ1) is 29.6. The first-order valence-corrected chi connectivity index (χ1v) is 12.3. The number of rotatable bonds is 2. The maximum absolute atomic E-state index is 5.99. The predicted molar refractivity (Wildman–Crippen MR) is 167 cm³/mol. The average molecular weight is 517 g/mol. The molecule has 4 nitrogen and oxygen atoms in total. The number of halogens is 1. The molecule has 0 bridgehead atoms. The minimum atomic E-state index is 0. The van der Waals surface area contributed by atoms with Gasteiger partial charge in [0.25, 0.3) is 0 Å². The Hall–Kier alpha value is -3.63. The van der Waals surface area contributed by atoms with Crippen molar-refractivity contribution in [2.24, 2.45) is 0 Å². The lowest BCUT2D eigenvalue weighted by Gasteiger charge is -2.12. The largest absolute Gasteiger partial charge is 0.398 e. The van der Waals surface area contributed by atoms with Gasteiger partial charge in [-0.25, -0.2) is 0 Å². The van der Waals surface area contributed by atoms with Crippen LogP contribution in [0.2, 0.25) is 0 Å². The molecule has 0 amide bonds. The summed E-state index contributed by atoms with van der Waals surface area (Å²) in [5.74, 6) is 0. The van der Waals surface area contributed by atoms with Crippen molar-refractivity contribution in [3.05, 3.63) is 93.0 Å². The summed E-state index contributed by atoms with van der Waals surface area (Å²) in [4.78, 5) is 0. The molecule has 0 aliphatic rings. The van der Waals surface area contributed by atoms with Crippen LogP contribution in [0, 0.1) is 55.4 Å². The van der Waals surface area contributed by atoms with Crippen molar-refractivity contribution >= 4 is 35.2 Å². The van der Waals surface area contributed by atoms with Gasteiger partial charge in [0.1, 0.15) is 0 Å². The Kier molecular flexibility index (Phi) is 9.29. The van der Waals surface area contributed by atoms with E-state index >= 15 is 0 Å². The molecule has 0 saturated carbocycles. The monoisotopic (exact) mass is 516 g/mol. The van der Waals surface area contributed by atoms with Crippen LogP contribution in [0.3, 0.4) is 0 Å². The van der Waals surface area contributed by atoms with Crippen LogP contribution in [0.15, 0.2) is 48.5 Å². The van der Waals surface area contributed by atoms with Crippen LogP contribution >= 0.6 is 12.4 Å². The number of benzene rings is 4. The zero-order chi connectivity index (χ0) is 26.9. The SMILES string of the molecule is Cc1cc(-c2cc(C)c(N)c(C)c2)cc(C)c1N.Cc1cc(-c2cc(C)c(N)c(C)c2)cc(C)c1N.Cl. The topological polar surface area (TPSA) is 104 Å². The van der Waals surface area contributed by atoms with Gasteiger partial charge in [-0.2, -0.15) is 0 Å². The molecular weight excluding hydrogens is 476 g/mol. The second-order valence-corrected chi connectivity index (χ2v) is 10.1. The first-order chi connectivity index (χ1) is 16.8. The molecule has 0 atom stereocenters. The van der Waals surface area contributed by atoms with Gasteiger partial charge in [0.15, 0.2) is 0 Å². The van der Waals surface area contributed by atoms with Crippen LogP contribution in [0.5, 0.6) is 0 Å². The summed E-state index contributed by atoms with van der Waals surface area (Å²) in [6.07, 6.45) is 0. The van der Waals surface area contributed by atoms with Crippen LogP contribution < -0.4 is 22.9 Å². The van der Waals surface area contributed by atoms with Crippen molar-refractivity contribution in [1.29, 1.82) is 0 Å². The fourth-order valence-corrected chi connectivity index (χ4v) is 4.57. The van der Waals surface area contributed by atoms with Crippen LogP contribution in [0.25, 0.3) is 22.3 Å². The Balaban J connectivity index is 0.000000253. The third-order valence-corrected chi connectivity index (χ3v) is 7.04. The van der Waals surface area contributed by atoms with E-state index in [4.69, 9.17) is 22.9 Å². The van der Waals surface area contributed by atoms with E-state index in [1.165, 1.54) is 22.3 Å². The maximum atomic E-state index is 5.99. The summed E-state index contributed by atoms with van der Waals surface area (Å²) in [5.41, 5.74) is 41.3. The van der Waals surface area contributed by atoms with Crippen molar-refractivity contribution in [1.82, 2.24) is 0 Å². The second-order valence-electron chi connectivity index (χ2n) is 10.1. The fourth-order valence-electron chi connectivity index (χ4n) is 4.57. The molecule has 0 aliphatic carbocycles. The molecule has 4 aromatic rings. The number of hydrogen-bond acceptors (Lipinski definition) is 4. The van der Waals surface area contributed by atoms with Gasteiger partial charge in [-0.3, -0.25) is 0 Å². The molecule has 0 aliphatic heterocycles. The van der Waals surface area contributed by atoms with E-state index in [9.17, 15) is 0 Å². The standard InChI is InChI=1S/2C16H20N2.ClH/c2*1-9-5-13(6-10(2)15(9)17)14-7-11(3)16(18)12(4)8-14;/h2*5-8H,17-18H2,1-4H3;1H. The third-order valence-electron chi connectivity index (χ3n) is 7.04. The molecule has 196 valence electrons. The molecule has 37 heavy (non-hydrogen) atoms. The second kappa shape index (κ2) is 11.6. The van der Waals surface area contributed by atoms with E-state index in [0.29, 0.717) is 0 Å². The molecule has 4 aromatic carbocycles. The number of nitrogens with two attached hydrogens (primary N) is 4. The quantitative estimate of drug-likeness (QED) is 0.203. The van der Waals surface area contributed by atoms with E-state index < -0.39 is 0 Å². The molecule has 0 unspecified atom stereocenters. The van der Waals surface area contributed by atoms with Gasteiger partial charge in [0.05, 0.1) is 0 Å². The normalized spacial score (nSPS) is 10.4. The summed E-state index contributed by atoms with van der Waals surface area (Å²) in [7, 11) is 0. The van der Waals surface area contributed by atoms with Gasteiger partial charge < -0.3 is 22.9 Å². The van der Waals surface area contributed by atoms with Gasteiger partial charge in [-0.1, -0.05) is 0 Å². The molecule has 0 spiro atoms. The molecule has 0 radical (unpaired) electrons. The van der Waals surface area contributed by atoms with Crippen molar-refractivity contribution in [3.8, 4) is 22.3 Å². The molecule has 5 heteroatoms. The lowest BCUT2D eigenvalue weighted by Crippen LogP contribution is -1.97. The Morgan fingerprint density at radius 3 is 0.514 bits per heavy atom. The Bertz CT molecular complexity index is 1140. The predicted octanol–water partition coefficient (Wildman–Crippen LogP) is 7.93. The molecular formula is C32H41ClN4. The lowest BCUT2D eigenvalue weighted by atomic mass is 9.95. The van der Waals surface area contributed by atoms with Gasteiger partial charge in [-0.15, -0.1) is 12.4 Å². The third kappa shape index (κ3) is 6.39. The highest BCUT2D eigenvalue weighted by Gasteiger charge is 2.08. The minimum Gasteiger partial charge on any atom is -0.398 e. The number of nitrogen functional groups attached to an aromatic ring is 4. The van der Waals surface area contributed by atoms with Crippen molar-refractivity contribution in [2.75, 3.05) is 22.9 Å². The Labute approximate surface area is 228 Å². The van der Waals surface area contributed by atoms with Crippen LogP contribution in [-0.4, -0.2) is 0 Å². The van der Waals surface area contributed by atoms with Crippen molar-refractivity contribution < 1.29 is 0 Å². The average Bonchev–Trinajstić information content (AvgIpc) is 2.82. The van der Waals surface area contributed by atoms with Gasteiger partial charge in [-0.05, 0) is 171 Å². The first-order valence-electron chi connectivity index (χ1n) is 12.3. The zero-order valence-electron chi connectivity index (χ0n) is 23.3. The number of anilines is 4. The maximum Gasteiger partial charge on any atom is 0.0373 e. The summed E-state index contributed by atoms with van der Waals surface area (Å²) in [6.45, 7) is 16.4. The minimum absolute atomic E-state index is 0. The van der Waals surface area contributed by atoms with Crippen LogP contribution in [0.4, 0.5) is 22.7 Å². The Morgan fingerprint density at radius 2 is 0.405 bits per heavy atom. The number of hydrogen-bond donors (Lipinski definition) is 4. The van der Waals surface area contributed by atoms with E-state index in [2.05, 4.69) is 48.5 Å². The zero-order valence-corrected chi connectivity index (χ0v) is 24.2. The molecule has 0 fully saturated rings. The van der Waals surface area contributed by atoms with E-state index in [-0.39, 0.29) is 12.4 Å². The molecule has 0 aromatic heterocycles. The summed E-state index contributed by atoms with van der Waals surface area (Å²) in [5, 5.41) is 0. The fraction of sp³-hybridized carbons (Fsp3) is 0.250. The molecule has 4 rings (SSSR count). The van der Waals surface area contributed by atoms with Gasteiger partial charge in [0, 0.05) is 22.7 Å². The van der Waals surface area contributed by atoms with Gasteiger partial charge in [0.2, 0.25) is 0 Å². The summed E-state index contributed by atoms with van der Waals surface area (Å²) in [6, 6.07) is 17.1. The highest BCUT2D eigenvalue weighted by Crippen LogP contribution is 2.31. The highest BCUT2D eigenvalue weighted by atomic mass is 35.5. The molecule has 0 heterocycles. The van der Waals surface area contributed by atoms with Crippen molar-refractivity contribution in [3.63, 3.8) is 0 Å². The Morgan fingerprint density at radius 1 is 0.297 bits per heavy atom. The van der Waals surface area contributed by atoms with E-state index in [1.807, 2.05) is 55.4 Å². The smallest absolute Gasteiger partial charge is 0.0373 e. The van der Waals surface area contributed by atoms with Crippen LogP contribution in [0.1, 0.15) is 44.5 Å². The molecule has 0 saturated heterocycles. The molecule has 8 N–H and O–H groups in total. The van der Waals surface area contributed by atoms with Gasteiger partial charge >= 0.3 is 0 Å². The summed E-state index contributed by atoms with van der Waals surface area (Å²) < 4.78 is 0. The van der Waals surface area contributed by atoms with Crippen LogP contribution in [-0.2, 0) is 0 Å². The summed E-state index contributed by atoms with van der Waals surface area (Å²) >= 11 is 0. The number of aryl methyl sites for hydroxylation is 8. The van der Waals surface area contributed by atoms with Crippen molar-refractivity contribution in [2.45, 2.75) is 55.4 Å².